The fourth-order valence-corrected chi connectivity index (χ4v) is 2.21. The number of hydrogen-bond acceptors (Lipinski definition) is 2. The van der Waals surface area contributed by atoms with Crippen molar-refractivity contribution in [1.29, 1.82) is 0 Å². The first kappa shape index (κ1) is 11.5. The van der Waals surface area contributed by atoms with Gasteiger partial charge in [-0.15, -0.1) is 0 Å². The van der Waals surface area contributed by atoms with Crippen molar-refractivity contribution in [3.63, 3.8) is 0 Å². The summed E-state index contributed by atoms with van der Waals surface area (Å²) in [4.78, 5) is 0. The van der Waals surface area contributed by atoms with Crippen LogP contribution in [0.25, 0.3) is 0 Å². The molecule has 2 atom stereocenters. The van der Waals surface area contributed by atoms with Crippen LogP contribution in [0.15, 0.2) is 24.3 Å². The van der Waals surface area contributed by atoms with Gasteiger partial charge in [0.1, 0.15) is 5.75 Å². The summed E-state index contributed by atoms with van der Waals surface area (Å²) in [5.41, 5.74) is 1.35. The summed E-state index contributed by atoms with van der Waals surface area (Å²) in [6.45, 7) is 6.40. The molecule has 1 aromatic rings. The van der Waals surface area contributed by atoms with Gasteiger partial charge in [-0.1, -0.05) is 25.1 Å². The lowest BCUT2D eigenvalue weighted by Crippen LogP contribution is -2.39. The number of fused-ring (bicyclic) bond motifs is 1. The van der Waals surface area contributed by atoms with E-state index in [9.17, 15) is 0 Å². The summed E-state index contributed by atoms with van der Waals surface area (Å²) in [6.07, 6.45) is 2.32. The second-order valence-corrected chi connectivity index (χ2v) is 4.63. The topological polar surface area (TPSA) is 21.3 Å². The fraction of sp³-hybridized carbons (Fsp3) is 0.571. The van der Waals surface area contributed by atoms with Crippen LogP contribution in [0.4, 0.5) is 0 Å². The molecular weight excluding hydrogens is 198 g/mol. The zero-order chi connectivity index (χ0) is 11.4. The molecule has 0 saturated heterocycles. The van der Waals surface area contributed by atoms with Crippen molar-refractivity contribution in [2.75, 3.05) is 13.2 Å². The van der Waals surface area contributed by atoms with Gasteiger partial charge in [-0.2, -0.15) is 0 Å². The predicted octanol–water partition coefficient (Wildman–Crippen LogP) is 2.63. The molecule has 0 aliphatic carbocycles. The summed E-state index contributed by atoms with van der Waals surface area (Å²) in [7, 11) is 0. The molecule has 0 bridgehead atoms. The molecule has 1 aromatic carbocycles. The number of benzene rings is 1. The molecule has 1 aliphatic rings. The smallest absolute Gasteiger partial charge is 0.122 e. The Morgan fingerprint density at radius 3 is 3.06 bits per heavy atom. The van der Waals surface area contributed by atoms with Gasteiger partial charge in [0.15, 0.2) is 0 Å². The Bertz CT molecular complexity index is 337. The van der Waals surface area contributed by atoms with Gasteiger partial charge in [0.2, 0.25) is 0 Å². The molecule has 1 N–H and O–H groups in total. The van der Waals surface area contributed by atoms with Crippen LogP contribution in [0.1, 0.15) is 25.8 Å². The third kappa shape index (κ3) is 2.56. The maximum atomic E-state index is 5.80. The van der Waals surface area contributed by atoms with Crippen LogP contribution in [0.5, 0.6) is 5.75 Å². The highest BCUT2D eigenvalue weighted by molar-refractivity contribution is 5.35. The summed E-state index contributed by atoms with van der Waals surface area (Å²) >= 11 is 0. The molecule has 88 valence electrons. The summed E-state index contributed by atoms with van der Waals surface area (Å²) in [6, 6.07) is 8.91. The minimum absolute atomic E-state index is 0.535. The van der Waals surface area contributed by atoms with Gasteiger partial charge < -0.3 is 10.1 Å². The third-order valence-corrected chi connectivity index (χ3v) is 3.33. The maximum Gasteiger partial charge on any atom is 0.122 e. The number of para-hydroxylation sites is 1. The van der Waals surface area contributed by atoms with Gasteiger partial charge in [0.05, 0.1) is 6.61 Å². The monoisotopic (exact) mass is 219 g/mol. The molecule has 2 unspecified atom stereocenters. The normalized spacial score (nSPS) is 21.0. The van der Waals surface area contributed by atoms with Crippen molar-refractivity contribution in [2.45, 2.75) is 32.7 Å². The zero-order valence-electron chi connectivity index (χ0n) is 10.2. The Hall–Kier alpha value is -1.02. The van der Waals surface area contributed by atoms with E-state index >= 15 is 0 Å². The molecule has 2 rings (SSSR count). The standard InChI is InChI=1S/C14H21NO/c1-3-8-15-11(2)13-9-12-6-4-5-7-14(12)16-10-13/h4-7,11,13,15H,3,8-10H2,1-2H3. The van der Waals surface area contributed by atoms with E-state index in [4.69, 9.17) is 4.74 Å². The lowest BCUT2D eigenvalue weighted by molar-refractivity contribution is 0.190. The lowest BCUT2D eigenvalue weighted by atomic mass is 9.91. The third-order valence-electron chi connectivity index (χ3n) is 3.33. The van der Waals surface area contributed by atoms with E-state index in [1.54, 1.807) is 0 Å². The highest BCUT2D eigenvalue weighted by atomic mass is 16.5. The number of ether oxygens (including phenoxy) is 1. The quantitative estimate of drug-likeness (QED) is 0.840. The van der Waals surface area contributed by atoms with Crippen molar-refractivity contribution < 1.29 is 4.74 Å². The van der Waals surface area contributed by atoms with Crippen molar-refractivity contribution >= 4 is 0 Å². The van der Waals surface area contributed by atoms with Crippen molar-refractivity contribution in [2.24, 2.45) is 5.92 Å². The average Bonchev–Trinajstić information content (AvgIpc) is 2.35. The highest BCUT2D eigenvalue weighted by Gasteiger charge is 2.23. The van der Waals surface area contributed by atoms with Gasteiger partial charge >= 0.3 is 0 Å². The Kier molecular flexibility index (Phi) is 3.83. The van der Waals surface area contributed by atoms with E-state index in [0.717, 1.165) is 25.3 Å². The molecule has 0 saturated carbocycles. The second kappa shape index (κ2) is 5.35. The van der Waals surface area contributed by atoms with E-state index in [-0.39, 0.29) is 0 Å². The minimum Gasteiger partial charge on any atom is -0.493 e. The zero-order valence-corrected chi connectivity index (χ0v) is 10.2. The Balaban J connectivity index is 1.97. The predicted molar refractivity (Wildman–Crippen MR) is 66.9 cm³/mol. The number of nitrogens with one attached hydrogen (secondary N) is 1. The van der Waals surface area contributed by atoms with Crippen LogP contribution in [-0.4, -0.2) is 19.2 Å². The second-order valence-electron chi connectivity index (χ2n) is 4.63. The Morgan fingerprint density at radius 2 is 2.25 bits per heavy atom. The molecule has 0 spiro atoms. The van der Waals surface area contributed by atoms with Crippen molar-refractivity contribution in [3.05, 3.63) is 29.8 Å². The fourth-order valence-electron chi connectivity index (χ4n) is 2.21. The lowest BCUT2D eigenvalue weighted by Gasteiger charge is -2.30. The summed E-state index contributed by atoms with van der Waals surface area (Å²) < 4.78 is 5.80. The molecule has 2 nitrogen and oxygen atoms in total. The van der Waals surface area contributed by atoms with Crippen molar-refractivity contribution in [3.8, 4) is 5.75 Å². The largest absolute Gasteiger partial charge is 0.493 e. The van der Waals surface area contributed by atoms with Crippen LogP contribution in [0.3, 0.4) is 0 Å². The van der Waals surface area contributed by atoms with Crippen LogP contribution in [0, 0.1) is 5.92 Å². The Morgan fingerprint density at radius 1 is 1.44 bits per heavy atom. The SMILES string of the molecule is CCCNC(C)C1COc2ccccc2C1. The van der Waals surface area contributed by atoms with E-state index < -0.39 is 0 Å². The molecule has 0 radical (unpaired) electrons. The van der Waals surface area contributed by atoms with E-state index in [2.05, 4.69) is 37.4 Å². The number of hydrogen-bond donors (Lipinski definition) is 1. The molecular formula is C14H21NO. The van der Waals surface area contributed by atoms with Gasteiger partial charge in [-0.05, 0) is 37.9 Å². The van der Waals surface area contributed by atoms with Gasteiger partial charge in [-0.25, -0.2) is 0 Å². The number of rotatable bonds is 4. The van der Waals surface area contributed by atoms with Gasteiger partial charge in [0, 0.05) is 12.0 Å². The van der Waals surface area contributed by atoms with Crippen LogP contribution < -0.4 is 10.1 Å². The molecule has 0 amide bonds. The molecule has 0 aromatic heterocycles. The Labute approximate surface area is 98.0 Å². The summed E-state index contributed by atoms with van der Waals surface area (Å²) in [5.74, 6) is 1.67. The van der Waals surface area contributed by atoms with Gasteiger partial charge in [-0.3, -0.25) is 0 Å². The molecule has 1 aliphatic heterocycles. The van der Waals surface area contributed by atoms with E-state index in [0.29, 0.717) is 12.0 Å². The first-order valence-electron chi connectivity index (χ1n) is 6.25. The maximum absolute atomic E-state index is 5.80. The summed E-state index contributed by atoms with van der Waals surface area (Å²) in [5, 5.41) is 3.55. The minimum atomic E-state index is 0.535. The molecule has 2 heteroatoms. The van der Waals surface area contributed by atoms with Crippen LogP contribution in [-0.2, 0) is 6.42 Å². The van der Waals surface area contributed by atoms with Crippen LogP contribution >= 0.6 is 0 Å². The van der Waals surface area contributed by atoms with E-state index in [1.165, 1.54) is 12.0 Å². The molecule has 0 fully saturated rings. The first-order chi connectivity index (χ1) is 7.81. The van der Waals surface area contributed by atoms with E-state index in [1.807, 2.05) is 6.07 Å². The first-order valence-corrected chi connectivity index (χ1v) is 6.25. The van der Waals surface area contributed by atoms with Crippen LogP contribution in [0.2, 0.25) is 0 Å². The molecule has 1 heterocycles. The molecule has 16 heavy (non-hydrogen) atoms. The van der Waals surface area contributed by atoms with Gasteiger partial charge in [0.25, 0.3) is 0 Å². The highest BCUT2D eigenvalue weighted by Crippen LogP contribution is 2.28. The van der Waals surface area contributed by atoms with Crippen molar-refractivity contribution in [1.82, 2.24) is 5.32 Å². The average molecular weight is 219 g/mol.